The van der Waals surface area contributed by atoms with Crippen molar-refractivity contribution in [3.63, 3.8) is 0 Å². The van der Waals surface area contributed by atoms with Crippen LogP contribution >= 0.6 is 21.6 Å². The number of piperazine rings is 1. The maximum Gasteiger partial charge on any atom is 0.272 e. The van der Waals surface area contributed by atoms with Crippen molar-refractivity contribution in [3.05, 3.63) is 29.8 Å². The monoisotopic (exact) mass is 512 g/mol. The number of rotatable bonds is 3. The van der Waals surface area contributed by atoms with Gasteiger partial charge < -0.3 is 34.8 Å². The number of phenolic OH excluding ortho intramolecular Hbond substituents is 1. The van der Waals surface area contributed by atoms with Crippen molar-refractivity contribution in [2.45, 2.75) is 46.5 Å². The van der Waals surface area contributed by atoms with Gasteiger partial charge >= 0.3 is 0 Å². The molecule has 4 N–H and O–H groups in total. The molecule has 0 saturated carbocycles. The fourth-order valence-electron chi connectivity index (χ4n) is 4.99. The molecular weight excluding hydrogens is 488 g/mol. The lowest BCUT2D eigenvalue weighted by atomic mass is 9.77. The van der Waals surface area contributed by atoms with Crippen LogP contribution in [0.3, 0.4) is 0 Å². The van der Waals surface area contributed by atoms with Gasteiger partial charge in [-0.25, -0.2) is 0 Å². The fourth-order valence-corrected chi connectivity index (χ4v) is 8.67. The molecular formula is C21H24N2O9S2. The van der Waals surface area contributed by atoms with Gasteiger partial charge in [0.1, 0.15) is 30.0 Å². The van der Waals surface area contributed by atoms with E-state index >= 15 is 0 Å². The summed E-state index contributed by atoms with van der Waals surface area (Å²) in [5, 5.41) is 42.9. The average molecular weight is 513 g/mol. The molecule has 4 fully saturated rings. The van der Waals surface area contributed by atoms with E-state index in [2.05, 4.69) is 0 Å². The number of aromatic hydroxyl groups is 1. The Morgan fingerprint density at radius 3 is 2.62 bits per heavy atom. The Bertz CT molecular complexity index is 1090. The number of hydrogen-bond donors (Lipinski definition) is 4. The van der Waals surface area contributed by atoms with Gasteiger partial charge in [-0.2, -0.15) is 5.06 Å². The lowest BCUT2D eigenvalue weighted by Crippen LogP contribution is -2.76. The maximum atomic E-state index is 13.7. The number of carbonyl (C=O) groups excluding carboxylic acids is 2. The number of nitrogens with zero attached hydrogens (tertiary/aromatic N) is 2. The molecule has 1 aliphatic carbocycles. The number of aliphatic hydroxyl groups excluding tert-OH is 2. The number of hydrogen-bond acceptors (Lipinski definition) is 11. The Morgan fingerprint density at radius 1 is 1.21 bits per heavy atom. The summed E-state index contributed by atoms with van der Waals surface area (Å²) < 4.78 is 10.5. The van der Waals surface area contributed by atoms with Crippen LogP contribution in [-0.2, 0) is 14.4 Å². The number of aliphatic hydroxyl groups is 3. The zero-order chi connectivity index (χ0) is 24.6. The van der Waals surface area contributed by atoms with Crippen LogP contribution in [0, 0.1) is 0 Å². The Balaban J connectivity index is 1.61. The van der Waals surface area contributed by atoms with Gasteiger partial charge in [-0.15, -0.1) is 0 Å². The van der Waals surface area contributed by atoms with Crippen molar-refractivity contribution in [2.75, 3.05) is 21.3 Å². The van der Waals surface area contributed by atoms with Crippen LogP contribution in [0.4, 0.5) is 0 Å². The highest BCUT2D eigenvalue weighted by molar-refractivity contribution is 8.77. The second kappa shape index (κ2) is 7.93. The molecule has 0 radical (unpaired) electrons. The van der Waals surface area contributed by atoms with Crippen LogP contribution in [0.25, 0.3) is 0 Å². The minimum atomic E-state index is -1.79. The number of benzene rings is 1. The van der Waals surface area contributed by atoms with Crippen LogP contribution in [-0.4, -0.2) is 98.3 Å². The average Bonchev–Trinajstić information content (AvgIpc) is 2.99. The van der Waals surface area contributed by atoms with E-state index in [0.717, 1.165) is 15.9 Å². The summed E-state index contributed by atoms with van der Waals surface area (Å²) in [5.41, 5.74) is -1.44. The highest BCUT2D eigenvalue weighted by Gasteiger charge is 2.69. The van der Waals surface area contributed by atoms with E-state index in [9.17, 15) is 30.0 Å². The number of methoxy groups -OCH3 is 2. The first-order chi connectivity index (χ1) is 16.1. The van der Waals surface area contributed by atoms with Crippen molar-refractivity contribution in [1.82, 2.24) is 9.96 Å². The largest absolute Gasteiger partial charge is 0.504 e. The van der Waals surface area contributed by atoms with E-state index in [1.807, 2.05) is 0 Å². The number of ether oxygens (including phenoxy) is 2. The molecule has 4 aliphatic heterocycles. The minimum absolute atomic E-state index is 0.0977. The Morgan fingerprint density at radius 2 is 1.94 bits per heavy atom. The molecule has 4 heterocycles. The van der Waals surface area contributed by atoms with E-state index in [0.29, 0.717) is 11.3 Å². The molecule has 1 spiro atoms. The topological polar surface area (TPSA) is 149 Å². The minimum Gasteiger partial charge on any atom is -0.504 e. The predicted octanol–water partition coefficient (Wildman–Crippen LogP) is -0.0624. The van der Waals surface area contributed by atoms with Gasteiger partial charge in [0, 0.05) is 19.0 Å². The van der Waals surface area contributed by atoms with Gasteiger partial charge in [-0.3, -0.25) is 14.4 Å². The maximum absolute atomic E-state index is 13.7. The van der Waals surface area contributed by atoms with Crippen LogP contribution in [0.1, 0.15) is 17.2 Å². The highest BCUT2D eigenvalue weighted by atomic mass is 33.1. The molecule has 11 nitrogen and oxygen atoms in total. The zero-order valence-corrected chi connectivity index (χ0v) is 20.1. The molecule has 1 aromatic carbocycles. The molecule has 13 heteroatoms. The first-order valence-corrected chi connectivity index (χ1v) is 12.6. The summed E-state index contributed by atoms with van der Waals surface area (Å²) in [5.74, 6) is -0.847. The van der Waals surface area contributed by atoms with E-state index in [4.69, 9.17) is 14.3 Å². The van der Waals surface area contributed by atoms with Crippen molar-refractivity contribution in [1.29, 1.82) is 0 Å². The van der Waals surface area contributed by atoms with Crippen LogP contribution in [0.5, 0.6) is 17.2 Å². The Kier molecular flexibility index (Phi) is 5.50. The molecule has 2 bridgehead atoms. The number of hydroxylamine groups is 2. The van der Waals surface area contributed by atoms with E-state index in [-0.39, 0.29) is 17.9 Å². The number of phenols is 1. The summed E-state index contributed by atoms with van der Waals surface area (Å²) >= 11 is 0. The normalized spacial score (nSPS) is 38.9. The molecule has 0 aromatic heterocycles. The van der Waals surface area contributed by atoms with Crippen LogP contribution < -0.4 is 9.47 Å². The lowest BCUT2D eigenvalue weighted by molar-refractivity contribution is -0.318. The third-order valence-corrected chi connectivity index (χ3v) is 10.1. The molecule has 6 rings (SSSR count). The molecule has 1 aromatic rings. The quantitative estimate of drug-likeness (QED) is 0.319. The van der Waals surface area contributed by atoms with Crippen molar-refractivity contribution in [2.24, 2.45) is 0 Å². The van der Waals surface area contributed by atoms with Gasteiger partial charge in [-0.1, -0.05) is 39.8 Å². The standard InChI is InChI=1S/C21H24N2O9S2/c1-22-12-16(9-4-5-11(30-2)15(31-3)13(9)25)33-34-21(19(22)28)8-20(29)7-6-10(24)14(26)17(20)32-23(21)18(12)27/h4-7,10,12,14,16-17,24-26,29H,8H2,1-3H3. The first-order valence-electron chi connectivity index (χ1n) is 10.4. The fraction of sp³-hybridized carbons (Fsp3) is 0.524. The summed E-state index contributed by atoms with van der Waals surface area (Å²) in [4.78, 5) is 32.8. The Hall–Kier alpha value is -2.16. The number of amides is 2. The summed E-state index contributed by atoms with van der Waals surface area (Å²) in [6.45, 7) is 0. The molecule has 5 aliphatic rings. The van der Waals surface area contributed by atoms with Crippen LogP contribution in [0.2, 0.25) is 0 Å². The van der Waals surface area contributed by atoms with Gasteiger partial charge in [0.2, 0.25) is 10.6 Å². The van der Waals surface area contributed by atoms with E-state index < -0.39 is 51.9 Å². The van der Waals surface area contributed by atoms with E-state index in [1.165, 1.54) is 49.1 Å². The van der Waals surface area contributed by atoms with Crippen LogP contribution in [0.15, 0.2) is 24.3 Å². The van der Waals surface area contributed by atoms with Gasteiger partial charge in [-0.05, 0) is 6.07 Å². The Labute approximate surface area is 202 Å². The second-order valence-electron chi connectivity index (χ2n) is 8.65. The third-order valence-electron chi connectivity index (χ3n) is 6.76. The number of fused-ring (bicyclic) bond motifs is 4. The SMILES string of the molecule is COc1ccc(C2SSC34CC5(O)C=CC(O)C(O)C5ON3C(=O)C2N(C)C4=O)c(O)c1OC. The van der Waals surface area contributed by atoms with Gasteiger partial charge in [0.25, 0.3) is 11.8 Å². The van der Waals surface area contributed by atoms with E-state index in [1.54, 1.807) is 12.1 Å². The molecule has 7 unspecified atom stereocenters. The molecule has 184 valence electrons. The number of likely N-dealkylation sites (N-methyl/N-ethyl adjacent to an activating group) is 1. The molecule has 7 atom stereocenters. The summed E-state index contributed by atoms with van der Waals surface area (Å²) in [7, 11) is 6.55. The lowest BCUT2D eigenvalue weighted by Gasteiger charge is -2.56. The molecule has 2 amide bonds. The van der Waals surface area contributed by atoms with Gasteiger partial charge in [0.05, 0.1) is 19.5 Å². The van der Waals surface area contributed by atoms with Crippen molar-refractivity contribution >= 4 is 33.4 Å². The predicted molar refractivity (Wildman–Crippen MR) is 121 cm³/mol. The summed E-state index contributed by atoms with van der Waals surface area (Å²) in [6, 6.07) is 2.15. The third kappa shape index (κ3) is 3.01. The smallest absolute Gasteiger partial charge is 0.272 e. The van der Waals surface area contributed by atoms with Crippen molar-refractivity contribution in [3.8, 4) is 17.2 Å². The highest BCUT2D eigenvalue weighted by Crippen LogP contribution is 2.62. The van der Waals surface area contributed by atoms with Crippen molar-refractivity contribution < 1.29 is 44.3 Å². The van der Waals surface area contributed by atoms with Gasteiger partial charge in [0.15, 0.2) is 11.5 Å². The first kappa shape index (κ1) is 23.6. The summed E-state index contributed by atoms with van der Waals surface area (Å²) in [6.07, 6.45) is -1.85. The zero-order valence-electron chi connectivity index (χ0n) is 18.4. The second-order valence-corrected chi connectivity index (χ2v) is 11.3. The molecule has 34 heavy (non-hydrogen) atoms. The molecule has 4 saturated heterocycles. The number of carbonyl (C=O) groups is 2.